The molecule has 4 rings (SSSR count). The molecule has 0 aromatic heterocycles. The average Bonchev–Trinajstić information content (AvgIpc) is 3.16. The van der Waals surface area contributed by atoms with Gasteiger partial charge in [-0.1, -0.05) is 48.5 Å². The molecular formula is C27H26N2O6. The van der Waals surface area contributed by atoms with Crippen LogP contribution in [0.5, 0.6) is 5.75 Å². The number of carboxylic acids is 1. The third kappa shape index (κ3) is 5.27. The molecular weight excluding hydrogens is 448 g/mol. The molecule has 3 aromatic rings. The number of benzene rings is 3. The third-order valence-electron chi connectivity index (χ3n) is 5.91. The van der Waals surface area contributed by atoms with Crippen LogP contribution in [0.4, 0.5) is 10.5 Å². The van der Waals surface area contributed by atoms with E-state index in [1.165, 1.54) is 19.2 Å². The number of carbonyl (C=O) groups is 3. The number of aliphatic carboxylic acids is 1. The number of ether oxygens (including phenoxy) is 2. The quantitative estimate of drug-likeness (QED) is 0.438. The summed E-state index contributed by atoms with van der Waals surface area (Å²) in [6, 6.07) is 20.1. The average molecular weight is 475 g/mol. The number of hydrogen-bond acceptors (Lipinski definition) is 5. The van der Waals surface area contributed by atoms with Gasteiger partial charge in [0, 0.05) is 12.0 Å². The van der Waals surface area contributed by atoms with Gasteiger partial charge in [-0.3, -0.25) is 14.9 Å². The van der Waals surface area contributed by atoms with Gasteiger partial charge in [0.1, 0.15) is 12.4 Å². The zero-order chi connectivity index (χ0) is 24.9. The van der Waals surface area contributed by atoms with Crippen LogP contribution >= 0.6 is 0 Å². The Hall–Kier alpha value is -4.33. The number of amides is 2. The fourth-order valence-electron chi connectivity index (χ4n) is 4.31. The molecule has 8 heteroatoms. The second kappa shape index (κ2) is 10.3. The first-order valence-corrected chi connectivity index (χ1v) is 11.2. The molecule has 0 fully saturated rings. The number of fused-ring (bicyclic) bond motifs is 3. The number of carboxylic acid groups (broad SMARTS) is 1. The molecule has 3 aromatic carbocycles. The lowest BCUT2D eigenvalue weighted by Crippen LogP contribution is -2.34. The summed E-state index contributed by atoms with van der Waals surface area (Å²) < 4.78 is 10.8. The first kappa shape index (κ1) is 23.8. The summed E-state index contributed by atoms with van der Waals surface area (Å²) in [6.07, 6.45) is -0.935. The van der Waals surface area contributed by atoms with Crippen molar-refractivity contribution in [1.82, 2.24) is 5.32 Å². The van der Waals surface area contributed by atoms with Crippen molar-refractivity contribution in [1.29, 1.82) is 0 Å². The Morgan fingerprint density at radius 2 is 1.60 bits per heavy atom. The summed E-state index contributed by atoms with van der Waals surface area (Å²) in [4.78, 5) is 36.4. The maximum absolute atomic E-state index is 12.8. The van der Waals surface area contributed by atoms with Gasteiger partial charge in [0.2, 0.25) is 0 Å². The molecule has 0 saturated heterocycles. The number of anilines is 1. The smallest absolute Gasteiger partial charge is 0.411 e. The highest BCUT2D eigenvalue weighted by Crippen LogP contribution is 2.44. The van der Waals surface area contributed by atoms with Crippen molar-refractivity contribution in [3.63, 3.8) is 0 Å². The van der Waals surface area contributed by atoms with Crippen molar-refractivity contribution in [2.45, 2.75) is 25.3 Å². The minimum absolute atomic E-state index is 0.0938. The summed E-state index contributed by atoms with van der Waals surface area (Å²) in [6.45, 7) is 1.72. The lowest BCUT2D eigenvalue weighted by molar-refractivity contribution is -0.137. The summed E-state index contributed by atoms with van der Waals surface area (Å²) in [5, 5.41) is 14.2. The van der Waals surface area contributed by atoms with Gasteiger partial charge in [-0.25, -0.2) is 4.79 Å². The summed E-state index contributed by atoms with van der Waals surface area (Å²) >= 11 is 0. The van der Waals surface area contributed by atoms with Gasteiger partial charge in [-0.2, -0.15) is 0 Å². The lowest BCUT2D eigenvalue weighted by atomic mass is 9.98. The lowest BCUT2D eigenvalue weighted by Gasteiger charge is -2.17. The summed E-state index contributed by atoms with van der Waals surface area (Å²) in [7, 11) is 1.46. The Balaban J connectivity index is 1.48. The largest absolute Gasteiger partial charge is 0.497 e. The standard InChI is InChI=1S/C27H26N2O6/c1-16(13-25(30)31)28-26(32)22-14-17(34-2)11-12-24(22)29-27(33)35-15-23-20-9-5-3-7-18(20)19-8-4-6-10-21(19)23/h3-12,14,16,23H,13,15H2,1-2H3,(H,28,32)(H,29,33)(H,30,31)/t16-/m0/s1. The van der Waals surface area contributed by atoms with Crippen LogP contribution in [0.15, 0.2) is 66.7 Å². The molecule has 180 valence electrons. The van der Waals surface area contributed by atoms with Crippen molar-refractivity contribution in [3.05, 3.63) is 83.4 Å². The van der Waals surface area contributed by atoms with Gasteiger partial charge in [-0.15, -0.1) is 0 Å². The fraction of sp³-hybridized carbons (Fsp3) is 0.222. The van der Waals surface area contributed by atoms with Crippen molar-refractivity contribution in [3.8, 4) is 16.9 Å². The van der Waals surface area contributed by atoms with Crippen LogP contribution in [-0.4, -0.2) is 42.8 Å². The van der Waals surface area contributed by atoms with E-state index in [4.69, 9.17) is 14.6 Å². The van der Waals surface area contributed by atoms with Gasteiger partial charge in [-0.05, 0) is 47.4 Å². The number of carbonyl (C=O) groups excluding carboxylic acids is 2. The van der Waals surface area contributed by atoms with Crippen LogP contribution in [0, 0.1) is 0 Å². The minimum atomic E-state index is -1.03. The highest BCUT2D eigenvalue weighted by atomic mass is 16.5. The Bertz CT molecular complexity index is 1230. The van der Waals surface area contributed by atoms with Gasteiger partial charge >= 0.3 is 12.1 Å². The van der Waals surface area contributed by atoms with Gasteiger partial charge < -0.3 is 19.9 Å². The SMILES string of the molecule is COc1ccc(NC(=O)OCC2c3ccccc3-c3ccccc32)c(C(=O)N[C@@H](C)CC(=O)O)c1. The monoisotopic (exact) mass is 474 g/mol. The van der Waals surface area contributed by atoms with E-state index in [1.54, 1.807) is 13.0 Å². The van der Waals surface area contributed by atoms with Crippen molar-refractivity contribution in [2.24, 2.45) is 0 Å². The van der Waals surface area contributed by atoms with E-state index >= 15 is 0 Å². The predicted molar refractivity (Wildman–Crippen MR) is 131 cm³/mol. The minimum Gasteiger partial charge on any atom is -0.497 e. The molecule has 0 spiro atoms. The highest BCUT2D eigenvalue weighted by molar-refractivity contribution is 6.03. The molecule has 2 amide bonds. The van der Waals surface area contributed by atoms with E-state index in [9.17, 15) is 14.4 Å². The Morgan fingerprint density at radius 3 is 2.20 bits per heavy atom. The molecule has 8 nitrogen and oxygen atoms in total. The maximum atomic E-state index is 12.8. The van der Waals surface area contributed by atoms with E-state index in [1.807, 2.05) is 36.4 Å². The molecule has 0 saturated carbocycles. The maximum Gasteiger partial charge on any atom is 0.411 e. The molecule has 1 aliphatic carbocycles. The van der Waals surface area contributed by atoms with E-state index < -0.39 is 24.0 Å². The first-order valence-electron chi connectivity index (χ1n) is 11.2. The van der Waals surface area contributed by atoms with E-state index in [0.29, 0.717) is 5.75 Å². The topological polar surface area (TPSA) is 114 Å². The van der Waals surface area contributed by atoms with Crippen LogP contribution in [0.25, 0.3) is 11.1 Å². The molecule has 0 aliphatic heterocycles. The first-order chi connectivity index (χ1) is 16.9. The number of methoxy groups -OCH3 is 1. The predicted octanol–water partition coefficient (Wildman–Crippen LogP) is 4.65. The summed E-state index contributed by atoms with van der Waals surface area (Å²) in [5.74, 6) is -1.24. The molecule has 1 aliphatic rings. The number of hydrogen-bond donors (Lipinski definition) is 3. The van der Waals surface area contributed by atoms with Gasteiger partial charge in [0.15, 0.2) is 0 Å². The number of nitrogens with one attached hydrogen (secondary N) is 2. The van der Waals surface area contributed by atoms with Crippen LogP contribution < -0.4 is 15.4 Å². The summed E-state index contributed by atoms with van der Waals surface area (Å²) in [5.41, 5.74) is 4.80. The van der Waals surface area contributed by atoms with Crippen LogP contribution in [0.3, 0.4) is 0 Å². The molecule has 0 unspecified atom stereocenters. The van der Waals surface area contributed by atoms with Crippen molar-refractivity contribution in [2.75, 3.05) is 19.0 Å². The van der Waals surface area contributed by atoms with E-state index in [2.05, 4.69) is 22.8 Å². The zero-order valence-corrected chi connectivity index (χ0v) is 19.4. The zero-order valence-electron chi connectivity index (χ0n) is 19.4. The Morgan fingerprint density at radius 1 is 0.971 bits per heavy atom. The Kier molecular flexibility index (Phi) is 7.01. The fourth-order valence-corrected chi connectivity index (χ4v) is 4.31. The van der Waals surface area contributed by atoms with Crippen LogP contribution in [0.1, 0.15) is 40.7 Å². The second-order valence-electron chi connectivity index (χ2n) is 8.33. The molecule has 0 heterocycles. The second-order valence-corrected chi connectivity index (χ2v) is 8.33. The number of rotatable bonds is 8. The van der Waals surface area contributed by atoms with Crippen molar-refractivity contribution < 1.29 is 29.0 Å². The molecule has 0 radical (unpaired) electrons. The van der Waals surface area contributed by atoms with Gasteiger partial charge in [0.05, 0.1) is 24.8 Å². The third-order valence-corrected chi connectivity index (χ3v) is 5.91. The van der Waals surface area contributed by atoms with Gasteiger partial charge in [0.25, 0.3) is 5.91 Å². The highest BCUT2D eigenvalue weighted by Gasteiger charge is 2.29. The molecule has 0 bridgehead atoms. The Labute approximate surface area is 202 Å². The van der Waals surface area contributed by atoms with E-state index in [-0.39, 0.29) is 30.2 Å². The normalized spacial score (nSPS) is 12.7. The van der Waals surface area contributed by atoms with Crippen LogP contribution in [-0.2, 0) is 9.53 Å². The molecule has 1 atom stereocenters. The molecule has 35 heavy (non-hydrogen) atoms. The van der Waals surface area contributed by atoms with E-state index in [0.717, 1.165) is 22.3 Å². The van der Waals surface area contributed by atoms with Crippen LogP contribution in [0.2, 0.25) is 0 Å². The molecule has 3 N–H and O–H groups in total. The van der Waals surface area contributed by atoms with Crippen molar-refractivity contribution >= 4 is 23.7 Å².